The van der Waals surface area contributed by atoms with Crippen molar-refractivity contribution in [2.75, 3.05) is 24.5 Å². The van der Waals surface area contributed by atoms with Crippen molar-refractivity contribution in [3.05, 3.63) is 5.82 Å². The number of anilines is 1. The smallest absolute Gasteiger partial charge is 0.244 e. The van der Waals surface area contributed by atoms with Gasteiger partial charge in [-0.1, -0.05) is 39.0 Å². The largest absolute Gasteiger partial charge is 0.337 e. The minimum atomic E-state index is 0.518. The highest BCUT2D eigenvalue weighted by molar-refractivity contribution is 5.30. The Morgan fingerprint density at radius 2 is 2.00 bits per heavy atom. The van der Waals surface area contributed by atoms with Crippen LogP contribution in [0.4, 0.5) is 5.95 Å². The fourth-order valence-electron chi connectivity index (χ4n) is 2.73. The van der Waals surface area contributed by atoms with Gasteiger partial charge in [-0.25, -0.2) is 0 Å². The number of piperazine rings is 1. The highest BCUT2D eigenvalue weighted by atomic mass is 15.4. The average molecular weight is 279 g/mol. The van der Waals surface area contributed by atoms with Gasteiger partial charge in [0.25, 0.3) is 0 Å². The van der Waals surface area contributed by atoms with Crippen molar-refractivity contribution >= 4 is 5.95 Å². The molecule has 1 fully saturated rings. The molecule has 0 radical (unpaired) electrons. The van der Waals surface area contributed by atoms with Crippen molar-refractivity contribution in [3.63, 3.8) is 0 Å². The summed E-state index contributed by atoms with van der Waals surface area (Å²) in [7, 11) is 0. The topological polar surface area (TPSA) is 56.8 Å². The van der Waals surface area contributed by atoms with Crippen molar-refractivity contribution < 1.29 is 0 Å². The summed E-state index contributed by atoms with van der Waals surface area (Å²) in [6.45, 7) is 7.47. The molecule has 1 saturated heterocycles. The second-order valence-electron chi connectivity index (χ2n) is 5.90. The first kappa shape index (κ1) is 15.3. The monoisotopic (exact) mass is 279 g/mol. The van der Waals surface area contributed by atoms with Gasteiger partial charge in [-0.3, -0.25) is 5.10 Å². The van der Waals surface area contributed by atoms with E-state index in [9.17, 15) is 0 Å². The van der Waals surface area contributed by atoms with Crippen LogP contribution in [-0.2, 0) is 6.42 Å². The van der Waals surface area contributed by atoms with Gasteiger partial charge in [-0.2, -0.15) is 4.98 Å². The van der Waals surface area contributed by atoms with E-state index in [4.69, 9.17) is 0 Å². The average Bonchev–Trinajstić information content (AvgIpc) is 2.91. The molecule has 0 aromatic carbocycles. The maximum atomic E-state index is 4.63. The summed E-state index contributed by atoms with van der Waals surface area (Å²) in [6, 6.07) is 0.518. The zero-order valence-corrected chi connectivity index (χ0v) is 13.0. The van der Waals surface area contributed by atoms with Crippen LogP contribution in [0, 0.1) is 0 Å². The number of nitrogens with one attached hydrogen (secondary N) is 2. The van der Waals surface area contributed by atoms with Crippen LogP contribution in [0.5, 0.6) is 0 Å². The predicted octanol–water partition coefficient (Wildman–Crippen LogP) is 2.51. The zero-order chi connectivity index (χ0) is 14.2. The standard InChI is InChI=1S/C15H29N5/c1-3-4-5-6-7-8-9-14-17-15(19-18-14)20-11-10-16-13(2)12-20/h13,16H,3-12H2,1-2H3,(H,17,18,19). The van der Waals surface area contributed by atoms with Gasteiger partial charge in [0.2, 0.25) is 5.95 Å². The van der Waals surface area contributed by atoms with E-state index < -0.39 is 0 Å². The van der Waals surface area contributed by atoms with Crippen LogP contribution in [-0.4, -0.2) is 40.9 Å². The first-order chi connectivity index (χ1) is 9.79. The quantitative estimate of drug-likeness (QED) is 0.718. The van der Waals surface area contributed by atoms with Gasteiger partial charge >= 0.3 is 0 Å². The van der Waals surface area contributed by atoms with Crippen molar-refractivity contribution in [2.24, 2.45) is 0 Å². The third-order valence-corrected chi connectivity index (χ3v) is 3.94. The number of hydrogen-bond acceptors (Lipinski definition) is 4. The molecule has 0 bridgehead atoms. The molecule has 1 aliphatic rings. The van der Waals surface area contributed by atoms with E-state index in [2.05, 4.69) is 39.2 Å². The molecule has 1 aromatic rings. The summed E-state index contributed by atoms with van der Waals surface area (Å²) in [5.74, 6) is 1.92. The number of aryl methyl sites for hydroxylation is 1. The zero-order valence-electron chi connectivity index (χ0n) is 13.0. The van der Waals surface area contributed by atoms with Gasteiger partial charge in [0.15, 0.2) is 0 Å². The number of aromatic nitrogens is 3. The number of nitrogens with zero attached hydrogens (tertiary/aromatic N) is 3. The second kappa shape index (κ2) is 8.25. The molecule has 114 valence electrons. The Balaban J connectivity index is 1.69. The van der Waals surface area contributed by atoms with E-state index in [-0.39, 0.29) is 0 Å². The third kappa shape index (κ3) is 4.78. The van der Waals surface area contributed by atoms with Crippen molar-refractivity contribution in [1.29, 1.82) is 0 Å². The number of rotatable bonds is 8. The number of H-pyrrole nitrogens is 1. The summed E-state index contributed by atoms with van der Waals surface area (Å²) in [6.07, 6.45) is 8.96. The first-order valence-corrected chi connectivity index (χ1v) is 8.19. The van der Waals surface area contributed by atoms with Gasteiger partial charge in [0, 0.05) is 32.1 Å². The van der Waals surface area contributed by atoms with Crippen LogP contribution in [0.2, 0.25) is 0 Å². The lowest BCUT2D eigenvalue weighted by atomic mass is 10.1. The van der Waals surface area contributed by atoms with Gasteiger partial charge in [0.05, 0.1) is 0 Å². The van der Waals surface area contributed by atoms with E-state index in [0.717, 1.165) is 37.8 Å². The molecule has 0 saturated carbocycles. The Kier molecular flexibility index (Phi) is 6.30. The van der Waals surface area contributed by atoms with Crippen molar-refractivity contribution in [1.82, 2.24) is 20.5 Å². The second-order valence-corrected chi connectivity index (χ2v) is 5.90. The van der Waals surface area contributed by atoms with Crippen LogP contribution in [0.1, 0.15) is 58.2 Å². The normalized spacial score (nSPS) is 19.5. The molecule has 1 aromatic heterocycles. The van der Waals surface area contributed by atoms with E-state index in [1.165, 1.54) is 38.5 Å². The van der Waals surface area contributed by atoms with Gasteiger partial charge in [-0.05, 0) is 13.3 Å². The lowest BCUT2D eigenvalue weighted by Crippen LogP contribution is -2.49. The number of unbranched alkanes of at least 4 members (excludes halogenated alkanes) is 5. The molecular weight excluding hydrogens is 250 g/mol. The van der Waals surface area contributed by atoms with Crippen LogP contribution in [0.15, 0.2) is 0 Å². The van der Waals surface area contributed by atoms with E-state index in [0.29, 0.717) is 6.04 Å². The van der Waals surface area contributed by atoms with Crippen LogP contribution >= 0.6 is 0 Å². The molecule has 5 nitrogen and oxygen atoms in total. The summed E-state index contributed by atoms with van der Waals surface area (Å²) < 4.78 is 0. The van der Waals surface area contributed by atoms with Crippen LogP contribution in [0.25, 0.3) is 0 Å². The molecule has 2 heterocycles. The maximum absolute atomic E-state index is 4.63. The third-order valence-electron chi connectivity index (χ3n) is 3.94. The molecule has 1 atom stereocenters. The molecule has 5 heteroatoms. The Labute approximate surface area is 122 Å². The van der Waals surface area contributed by atoms with Crippen molar-refractivity contribution in [2.45, 2.75) is 64.8 Å². The van der Waals surface area contributed by atoms with Gasteiger partial charge in [-0.15, -0.1) is 5.10 Å². The molecule has 1 aliphatic heterocycles. The Morgan fingerprint density at radius 3 is 2.80 bits per heavy atom. The van der Waals surface area contributed by atoms with Crippen LogP contribution < -0.4 is 10.2 Å². The minimum absolute atomic E-state index is 0.518. The Morgan fingerprint density at radius 1 is 1.20 bits per heavy atom. The fraction of sp³-hybridized carbons (Fsp3) is 0.867. The molecule has 20 heavy (non-hydrogen) atoms. The molecule has 0 aliphatic carbocycles. The Hall–Kier alpha value is -1.10. The summed E-state index contributed by atoms with van der Waals surface area (Å²) in [4.78, 5) is 6.90. The number of aromatic amines is 1. The highest BCUT2D eigenvalue weighted by Crippen LogP contribution is 2.12. The molecular formula is C15H29N5. The first-order valence-electron chi connectivity index (χ1n) is 8.19. The predicted molar refractivity (Wildman–Crippen MR) is 83.1 cm³/mol. The van der Waals surface area contributed by atoms with Crippen LogP contribution in [0.3, 0.4) is 0 Å². The molecule has 0 amide bonds. The molecule has 1 unspecified atom stereocenters. The van der Waals surface area contributed by atoms with Crippen molar-refractivity contribution in [3.8, 4) is 0 Å². The minimum Gasteiger partial charge on any atom is -0.337 e. The van der Waals surface area contributed by atoms with Gasteiger partial charge < -0.3 is 10.2 Å². The van der Waals surface area contributed by atoms with E-state index >= 15 is 0 Å². The van der Waals surface area contributed by atoms with E-state index in [1.807, 2.05) is 0 Å². The van der Waals surface area contributed by atoms with Gasteiger partial charge in [0.1, 0.15) is 5.82 Å². The molecule has 2 rings (SSSR count). The highest BCUT2D eigenvalue weighted by Gasteiger charge is 2.18. The molecule has 0 spiro atoms. The summed E-state index contributed by atoms with van der Waals surface area (Å²) in [5.41, 5.74) is 0. The lowest BCUT2D eigenvalue weighted by molar-refractivity contribution is 0.479. The summed E-state index contributed by atoms with van der Waals surface area (Å²) in [5, 5.41) is 10.9. The van der Waals surface area contributed by atoms with E-state index in [1.54, 1.807) is 0 Å². The Bertz CT molecular complexity index is 376. The number of hydrogen-bond donors (Lipinski definition) is 2. The summed E-state index contributed by atoms with van der Waals surface area (Å²) >= 11 is 0. The maximum Gasteiger partial charge on any atom is 0.244 e. The SMILES string of the molecule is CCCCCCCCc1nc(N2CCNC(C)C2)n[nH]1. The fourth-order valence-corrected chi connectivity index (χ4v) is 2.73. The lowest BCUT2D eigenvalue weighted by Gasteiger charge is -2.30. The molecule has 2 N–H and O–H groups in total.